The molecule has 0 aromatic rings. The van der Waals surface area contributed by atoms with Gasteiger partial charge in [0.15, 0.2) is 0 Å². The fourth-order valence-electron chi connectivity index (χ4n) is 1.94. The molecular weight excluding hydrogens is 350 g/mol. The van der Waals surface area contributed by atoms with Crippen molar-refractivity contribution in [1.29, 1.82) is 0 Å². The average Bonchev–Trinajstić information content (AvgIpc) is 3.12. The van der Waals surface area contributed by atoms with Crippen LogP contribution in [-0.4, -0.2) is 75.3 Å². The minimum atomic E-state index is -0.968. The highest BCUT2D eigenvalue weighted by atomic mass is 16.5. The molecule has 8 N–H and O–H groups in total. The zero-order valence-corrected chi connectivity index (χ0v) is 14.2. The Balaban J connectivity index is 0.000000520. The number of nitrogens with two attached hydrogens (primary N) is 2. The summed E-state index contributed by atoms with van der Waals surface area (Å²) in [4.78, 5) is 31.1. The number of carboxylic acid groups (broad SMARTS) is 3. The topological polar surface area (TPSA) is 197 Å². The fraction of sp³-hybridized carbons (Fsp3) is 0.533. The molecule has 0 amide bonds. The van der Waals surface area contributed by atoms with Crippen LogP contribution in [0.1, 0.15) is 19.3 Å². The normalized spacial score (nSPS) is 20.9. The first-order valence-corrected chi connectivity index (χ1v) is 7.73. The average molecular weight is 375 g/mol. The third kappa shape index (κ3) is 9.74. The van der Waals surface area contributed by atoms with Gasteiger partial charge < -0.3 is 41.5 Å². The minimum Gasteiger partial charge on any atom is -0.480 e. The van der Waals surface area contributed by atoms with Gasteiger partial charge >= 0.3 is 17.9 Å². The van der Waals surface area contributed by atoms with Crippen molar-refractivity contribution in [2.24, 2.45) is 11.5 Å². The molecule has 2 unspecified atom stereocenters. The molecule has 0 saturated carbocycles. The van der Waals surface area contributed by atoms with Gasteiger partial charge in [0.2, 0.25) is 0 Å². The van der Waals surface area contributed by atoms with E-state index in [1.165, 1.54) is 0 Å². The second-order valence-electron chi connectivity index (χ2n) is 5.16. The molecule has 0 aliphatic carbocycles. The van der Waals surface area contributed by atoms with E-state index in [0.29, 0.717) is 12.0 Å². The van der Waals surface area contributed by atoms with Crippen LogP contribution in [0, 0.1) is 0 Å². The third-order valence-electron chi connectivity index (χ3n) is 3.17. The van der Waals surface area contributed by atoms with E-state index in [1.54, 1.807) is 17.2 Å². The summed E-state index contributed by atoms with van der Waals surface area (Å²) in [6, 6.07) is 0. The lowest BCUT2D eigenvalue weighted by molar-refractivity contribution is -0.136. The van der Waals surface area contributed by atoms with Crippen molar-refractivity contribution >= 4 is 17.9 Å². The van der Waals surface area contributed by atoms with Gasteiger partial charge in [-0.3, -0.25) is 9.59 Å². The van der Waals surface area contributed by atoms with Gasteiger partial charge in [0.05, 0.1) is 31.4 Å². The Morgan fingerprint density at radius 2 is 1.65 bits per heavy atom. The van der Waals surface area contributed by atoms with Crippen molar-refractivity contribution in [3.8, 4) is 0 Å². The molecule has 26 heavy (non-hydrogen) atoms. The molecule has 148 valence electrons. The number of ether oxygens (including phenoxy) is 1. The molecule has 0 radical (unpaired) electrons. The Bertz CT molecular complexity index is 521. The molecule has 2 aliphatic heterocycles. The van der Waals surface area contributed by atoms with Crippen LogP contribution in [0.4, 0.5) is 0 Å². The Morgan fingerprint density at radius 1 is 1.12 bits per heavy atom. The SMILES string of the molecule is NCC(=O)O.NCC(=O)O.O=C(O)C1=CN(C2CCC(CO)O2)C=CC1. The van der Waals surface area contributed by atoms with Crippen LogP contribution in [0.25, 0.3) is 0 Å². The molecule has 0 spiro atoms. The van der Waals surface area contributed by atoms with Crippen molar-refractivity contribution < 1.29 is 39.5 Å². The number of rotatable bonds is 5. The molecule has 2 heterocycles. The second kappa shape index (κ2) is 12.8. The zero-order chi connectivity index (χ0) is 20.1. The summed E-state index contributed by atoms with van der Waals surface area (Å²) in [5.74, 6) is -2.83. The molecule has 2 atom stereocenters. The molecular formula is C15H25N3O8. The maximum atomic E-state index is 10.8. The molecule has 0 aromatic carbocycles. The Hall–Kier alpha value is -2.47. The van der Waals surface area contributed by atoms with E-state index in [1.807, 2.05) is 6.20 Å². The molecule has 0 aromatic heterocycles. The van der Waals surface area contributed by atoms with E-state index in [2.05, 4.69) is 11.5 Å². The largest absolute Gasteiger partial charge is 0.480 e. The number of aliphatic hydroxyl groups excluding tert-OH is 1. The van der Waals surface area contributed by atoms with Crippen LogP contribution >= 0.6 is 0 Å². The summed E-state index contributed by atoms with van der Waals surface area (Å²) in [5.41, 5.74) is 9.50. The second-order valence-corrected chi connectivity index (χ2v) is 5.16. The monoisotopic (exact) mass is 375 g/mol. The fourth-order valence-corrected chi connectivity index (χ4v) is 1.94. The zero-order valence-electron chi connectivity index (χ0n) is 14.2. The number of aliphatic carboxylic acids is 3. The van der Waals surface area contributed by atoms with Crippen molar-refractivity contribution in [2.45, 2.75) is 31.6 Å². The van der Waals surface area contributed by atoms with Gasteiger partial charge in [0.25, 0.3) is 0 Å². The molecule has 2 aliphatic rings. The van der Waals surface area contributed by atoms with Gasteiger partial charge in [-0.2, -0.15) is 0 Å². The van der Waals surface area contributed by atoms with Gasteiger partial charge in [-0.05, 0) is 12.8 Å². The Labute approximate surface area is 150 Å². The lowest BCUT2D eigenvalue weighted by Gasteiger charge is -2.26. The first-order valence-electron chi connectivity index (χ1n) is 7.73. The molecule has 2 rings (SSSR count). The maximum Gasteiger partial charge on any atom is 0.333 e. The summed E-state index contributed by atoms with van der Waals surface area (Å²) in [6.45, 7) is -0.538. The highest BCUT2D eigenvalue weighted by Gasteiger charge is 2.28. The first kappa shape index (κ1) is 23.5. The summed E-state index contributed by atoms with van der Waals surface area (Å²) < 4.78 is 5.57. The lowest BCUT2D eigenvalue weighted by Crippen LogP contribution is -2.29. The van der Waals surface area contributed by atoms with Crippen LogP contribution in [0.15, 0.2) is 24.0 Å². The van der Waals surface area contributed by atoms with E-state index in [-0.39, 0.29) is 32.0 Å². The van der Waals surface area contributed by atoms with Crippen LogP contribution in [0.5, 0.6) is 0 Å². The van der Waals surface area contributed by atoms with Gasteiger partial charge in [-0.25, -0.2) is 4.79 Å². The molecule has 0 bridgehead atoms. The molecule has 11 heteroatoms. The maximum absolute atomic E-state index is 10.8. The van der Waals surface area contributed by atoms with E-state index >= 15 is 0 Å². The van der Waals surface area contributed by atoms with Gasteiger partial charge in [0.1, 0.15) is 6.23 Å². The number of carbonyl (C=O) groups is 3. The van der Waals surface area contributed by atoms with E-state index in [4.69, 9.17) is 25.2 Å². The van der Waals surface area contributed by atoms with E-state index < -0.39 is 17.9 Å². The minimum absolute atomic E-state index is 0.0174. The standard InChI is InChI=1S/C11H15NO4.2C2H5NO2/c13-7-9-3-4-10(16-9)12-5-1-2-8(6-12)11(14)15;2*3-1-2(4)5/h1,5-6,9-10,13H,2-4,7H2,(H,14,15);2*1,3H2,(H,4,5). The number of carboxylic acids is 3. The van der Waals surface area contributed by atoms with Crippen LogP contribution in [0.2, 0.25) is 0 Å². The number of hydrogen-bond acceptors (Lipinski definition) is 8. The summed E-state index contributed by atoms with van der Waals surface area (Å²) in [5, 5.41) is 33.0. The Morgan fingerprint density at radius 3 is 2.04 bits per heavy atom. The molecule has 1 saturated heterocycles. The van der Waals surface area contributed by atoms with Gasteiger partial charge in [-0.15, -0.1) is 0 Å². The summed E-state index contributed by atoms with van der Waals surface area (Å²) in [7, 11) is 0. The number of nitrogens with zero attached hydrogens (tertiary/aromatic N) is 1. The quantitative estimate of drug-likeness (QED) is 0.335. The van der Waals surface area contributed by atoms with Crippen molar-refractivity contribution in [2.75, 3.05) is 19.7 Å². The summed E-state index contributed by atoms with van der Waals surface area (Å²) in [6.07, 6.45) is 7.02. The molecule has 1 fully saturated rings. The predicted molar refractivity (Wildman–Crippen MR) is 89.7 cm³/mol. The third-order valence-corrected chi connectivity index (χ3v) is 3.17. The van der Waals surface area contributed by atoms with Crippen molar-refractivity contribution in [3.05, 3.63) is 24.0 Å². The molecule has 11 nitrogen and oxygen atoms in total. The van der Waals surface area contributed by atoms with Crippen LogP contribution in [-0.2, 0) is 19.1 Å². The highest BCUT2D eigenvalue weighted by Crippen LogP contribution is 2.25. The van der Waals surface area contributed by atoms with Crippen molar-refractivity contribution in [1.82, 2.24) is 4.90 Å². The predicted octanol–water partition coefficient (Wildman–Crippen LogP) is -1.27. The number of aliphatic hydroxyl groups is 1. The highest BCUT2D eigenvalue weighted by molar-refractivity contribution is 5.87. The van der Waals surface area contributed by atoms with E-state index in [9.17, 15) is 14.4 Å². The van der Waals surface area contributed by atoms with Crippen LogP contribution in [0.3, 0.4) is 0 Å². The smallest absolute Gasteiger partial charge is 0.333 e. The van der Waals surface area contributed by atoms with Gasteiger partial charge in [0, 0.05) is 18.8 Å². The summed E-state index contributed by atoms with van der Waals surface area (Å²) >= 11 is 0. The van der Waals surface area contributed by atoms with Gasteiger partial charge in [-0.1, -0.05) is 6.08 Å². The number of hydrogen-bond donors (Lipinski definition) is 6. The van der Waals surface area contributed by atoms with E-state index in [0.717, 1.165) is 12.8 Å². The first-order chi connectivity index (χ1) is 12.2. The van der Waals surface area contributed by atoms with Crippen molar-refractivity contribution in [3.63, 3.8) is 0 Å². The Kier molecular flexibility index (Phi) is 11.6. The van der Waals surface area contributed by atoms with Crippen LogP contribution < -0.4 is 11.5 Å². The number of allylic oxidation sites excluding steroid dienone is 1. The lowest BCUT2D eigenvalue weighted by atomic mass is 10.1.